The van der Waals surface area contributed by atoms with Crippen LogP contribution in [0.15, 0.2) is 36.4 Å². The first-order valence-corrected chi connectivity index (χ1v) is 5.95. The fourth-order valence-corrected chi connectivity index (χ4v) is 2.50. The highest BCUT2D eigenvalue weighted by Crippen LogP contribution is 2.42. The zero-order chi connectivity index (χ0) is 12.0. The lowest BCUT2D eigenvalue weighted by atomic mass is 9.85. The summed E-state index contributed by atoms with van der Waals surface area (Å²) in [5.41, 5.74) is 3.33. The van der Waals surface area contributed by atoms with Crippen LogP contribution in [-0.2, 0) is 9.53 Å². The Bertz CT molecular complexity index is 552. The number of fused-ring (bicyclic) bond motifs is 2. The lowest BCUT2D eigenvalue weighted by Crippen LogP contribution is -2.11. The summed E-state index contributed by atoms with van der Waals surface area (Å²) >= 11 is 0. The fraction of sp³-hybridized carbons (Fsp3) is 0.267. The fourth-order valence-electron chi connectivity index (χ4n) is 2.50. The number of Topliss-reactive ketones (excluding diaryl/α,β-unsaturated/α-hetero) is 1. The molecule has 0 amide bonds. The van der Waals surface area contributed by atoms with Crippen molar-refractivity contribution in [1.29, 1.82) is 0 Å². The molecule has 1 aromatic rings. The molecular weight excluding hydrogens is 212 g/mol. The molecule has 0 fully saturated rings. The Hall–Kier alpha value is -1.83. The molecular formula is C15H14O2. The third-order valence-electron chi connectivity index (χ3n) is 3.49. The van der Waals surface area contributed by atoms with Crippen LogP contribution in [0.5, 0.6) is 0 Å². The van der Waals surface area contributed by atoms with Crippen molar-refractivity contribution in [1.82, 2.24) is 0 Å². The Labute approximate surface area is 101 Å². The van der Waals surface area contributed by atoms with E-state index in [-0.39, 0.29) is 11.9 Å². The molecule has 1 aliphatic carbocycles. The van der Waals surface area contributed by atoms with Crippen LogP contribution < -0.4 is 0 Å². The molecule has 0 aromatic heterocycles. The molecule has 1 heterocycles. The molecule has 2 aliphatic rings. The third-order valence-corrected chi connectivity index (χ3v) is 3.49. The molecule has 2 nitrogen and oxygen atoms in total. The van der Waals surface area contributed by atoms with E-state index in [4.69, 9.17) is 4.74 Å². The van der Waals surface area contributed by atoms with E-state index in [9.17, 15) is 4.79 Å². The van der Waals surface area contributed by atoms with Gasteiger partial charge in [-0.05, 0) is 12.0 Å². The molecule has 0 saturated carbocycles. The number of carbonyl (C=O) groups is 1. The number of rotatable bonds is 1. The first kappa shape index (κ1) is 10.3. The normalized spacial score (nSPS) is 22.3. The van der Waals surface area contributed by atoms with Gasteiger partial charge in [-0.25, -0.2) is 0 Å². The molecule has 1 atom stereocenters. The second-order valence-electron chi connectivity index (χ2n) is 4.51. The van der Waals surface area contributed by atoms with Gasteiger partial charge in [-0.15, -0.1) is 0 Å². The summed E-state index contributed by atoms with van der Waals surface area (Å²) in [7, 11) is 0. The largest absolute Gasteiger partial charge is 0.489 e. The lowest BCUT2D eigenvalue weighted by molar-refractivity contribution is -0.110. The van der Waals surface area contributed by atoms with E-state index in [0.29, 0.717) is 5.57 Å². The van der Waals surface area contributed by atoms with Gasteiger partial charge in [0.1, 0.15) is 11.9 Å². The number of hydrogen-bond donors (Lipinski definition) is 0. The van der Waals surface area contributed by atoms with Crippen molar-refractivity contribution in [3.8, 4) is 0 Å². The van der Waals surface area contributed by atoms with Crippen molar-refractivity contribution in [2.45, 2.75) is 25.9 Å². The summed E-state index contributed by atoms with van der Waals surface area (Å²) in [5, 5.41) is 0. The minimum Gasteiger partial charge on any atom is -0.489 e. The van der Waals surface area contributed by atoms with E-state index in [2.05, 4.69) is 13.5 Å². The van der Waals surface area contributed by atoms with Crippen molar-refractivity contribution in [3.05, 3.63) is 47.5 Å². The van der Waals surface area contributed by atoms with Crippen LogP contribution in [0.25, 0.3) is 11.3 Å². The predicted octanol–water partition coefficient (Wildman–Crippen LogP) is 3.19. The average Bonchev–Trinajstić information content (AvgIpc) is 2.80. The molecule has 0 bridgehead atoms. The van der Waals surface area contributed by atoms with Crippen LogP contribution in [0.1, 0.15) is 30.9 Å². The van der Waals surface area contributed by atoms with Gasteiger partial charge in [0.05, 0.1) is 0 Å². The van der Waals surface area contributed by atoms with Crippen LogP contribution in [0.3, 0.4) is 0 Å². The molecule has 1 unspecified atom stereocenters. The highest BCUT2D eigenvalue weighted by molar-refractivity contribution is 6.33. The summed E-state index contributed by atoms with van der Waals surface area (Å²) in [6, 6.07) is 7.83. The molecule has 1 aliphatic heterocycles. The Balaban J connectivity index is 2.17. The topological polar surface area (TPSA) is 26.3 Å². The molecule has 0 N–H and O–H groups in total. The van der Waals surface area contributed by atoms with Gasteiger partial charge >= 0.3 is 0 Å². The predicted molar refractivity (Wildman–Crippen MR) is 67.2 cm³/mol. The summed E-state index contributed by atoms with van der Waals surface area (Å²) < 4.78 is 5.88. The molecule has 1 aromatic carbocycles. The van der Waals surface area contributed by atoms with Crippen molar-refractivity contribution >= 4 is 17.1 Å². The van der Waals surface area contributed by atoms with Gasteiger partial charge in [0.15, 0.2) is 5.78 Å². The standard InChI is InChI=1S/C15H14O2/c1-3-10-8-13-14(16)9(2)11-6-4-5-7-12(11)15(13)17-10/h4-7,10H,2-3,8H2,1H3. The number of ether oxygens (including phenoxy) is 1. The van der Waals surface area contributed by atoms with E-state index in [1.807, 2.05) is 24.3 Å². The molecule has 0 saturated heterocycles. The first-order chi connectivity index (χ1) is 8.22. The molecule has 86 valence electrons. The van der Waals surface area contributed by atoms with Crippen molar-refractivity contribution in [2.75, 3.05) is 0 Å². The average molecular weight is 226 g/mol. The maximum atomic E-state index is 12.2. The van der Waals surface area contributed by atoms with Gasteiger partial charge < -0.3 is 4.74 Å². The van der Waals surface area contributed by atoms with Gasteiger partial charge in [-0.2, -0.15) is 0 Å². The number of allylic oxidation sites excluding steroid dienone is 1. The van der Waals surface area contributed by atoms with E-state index in [1.54, 1.807) is 0 Å². The maximum Gasteiger partial charge on any atom is 0.192 e. The minimum absolute atomic E-state index is 0.0506. The number of ketones is 1. The van der Waals surface area contributed by atoms with Crippen LogP contribution in [0.2, 0.25) is 0 Å². The number of hydrogen-bond acceptors (Lipinski definition) is 2. The third kappa shape index (κ3) is 1.37. The second kappa shape index (κ2) is 3.59. The Morgan fingerprint density at radius 3 is 2.76 bits per heavy atom. The first-order valence-electron chi connectivity index (χ1n) is 5.95. The molecule has 2 heteroatoms. The molecule has 0 radical (unpaired) electrons. The van der Waals surface area contributed by atoms with Crippen molar-refractivity contribution in [2.24, 2.45) is 0 Å². The molecule has 3 rings (SSSR count). The SMILES string of the molecule is C=C1C(=O)C2=C(OC(CC)C2)c2ccccc21. The van der Waals surface area contributed by atoms with Crippen LogP contribution in [0.4, 0.5) is 0 Å². The van der Waals surface area contributed by atoms with Crippen LogP contribution in [0, 0.1) is 0 Å². The summed E-state index contributed by atoms with van der Waals surface area (Å²) in [4.78, 5) is 12.2. The zero-order valence-electron chi connectivity index (χ0n) is 9.82. The van der Waals surface area contributed by atoms with Gasteiger partial charge in [-0.1, -0.05) is 37.8 Å². The summed E-state index contributed by atoms with van der Waals surface area (Å²) in [6.07, 6.45) is 1.79. The zero-order valence-corrected chi connectivity index (χ0v) is 9.82. The van der Waals surface area contributed by atoms with Crippen LogP contribution in [-0.4, -0.2) is 11.9 Å². The van der Waals surface area contributed by atoms with Gasteiger partial charge in [-0.3, -0.25) is 4.79 Å². The lowest BCUT2D eigenvalue weighted by Gasteiger charge is -2.18. The second-order valence-corrected chi connectivity index (χ2v) is 4.51. The smallest absolute Gasteiger partial charge is 0.192 e. The van der Waals surface area contributed by atoms with E-state index in [1.165, 1.54) is 0 Å². The van der Waals surface area contributed by atoms with Gasteiger partial charge in [0.2, 0.25) is 0 Å². The van der Waals surface area contributed by atoms with Crippen molar-refractivity contribution < 1.29 is 9.53 Å². The Morgan fingerprint density at radius 1 is 1.35 bits per heavy atom. The summed E-state index contributed by atoms with van der Waals surface area (Å²) in [6.45, 7) is 5.99. The molecule has 0 spiro atoms. The minimum atomic E-state index is 0.0506. The van der Waals surface area contributed by atoms with Crippen LogP contribution >= 0.6 is 0 Å². The Kier molecular flexibility index (Phi) is 2.18. The monoisotopic (exact) mass is 226 g/mol. The molecule has 17 heavy (non-hydrogen) atoms. The maximum absolute atomic E-state index is 12.2. The summed E-state index contributed by atoms with van der Waals surface area (Å²) in [5.74, 6) is 0.833. The number of benzene rings is 1. The van der Waals surface area contributed by atoms with E-state index in [0.717, 1.165) is 35.3 Å². The van der Waals surface area contributed by atoms with Crippen molar-refractivity contribution in [3.63, 3.8) is 0 Å². The van der Waals surface area contributed by atoms with Gasteiger partial charge in [0.25, 0.3) is 0 Å². The Morgan fingerprint density at radius 2 is 2.06 bits per heavy atom. The quantitative estimate of drug-likeness (QED) is 0.687. The van der Waals surface area contributed by atoms with E-state index >= 15 is 0 Å². The highest BCUT2D eigenvalue weighted by atomic mass is 16.5. The highest BCUT2D eigenvalue weighted by Gasteiger charge is 2.36. The van der Waals surface area contributed by atoms with E-state index < -0.39 is 0 Å². The van der Waals surface area contributed by atoms with Gasteiger partial charge in [0, 0.05) is 23.1 Å². The number of carbonyl (C=O) groups excluding carboxylic acids is 1.